The van der Waals surface area contributed by atoms with Crippen LogP contribution in [0.2, 0.25) is 0 Å². The molecule has 0 unspecified atom stereocenters. The zero-order chi connectivity index (χ0) is 20.7. The lowest BCUT2D eigenvalue weighted by Gasteiger charge is -2.34. The standard InChI is InChI=1S/C15H15F3N4O4S2/c1-10-2-3-11(22(23)24)8-12(10)28(25,26)21-6-4-20(5-7-21)14-19-13(9-27-14)15(16,17)18/h2-3,8-9H,4-7H2,1H3. The van der Waals surface area contributed by atoms with Crippen LogP contribution in [0.3, 0.4) is 0 Å². The summed E-state index contributed by atoms with van der Waals surface area (Å²) in [6, 6.07) is 3.62. The topological polar surface area (TPSA) is 96.6 Å². The van der Waals surface area contributed by atoms with Gasteiger partial charge in [-0.2, -0.15) is 17.5 Å². The molecule has 28 heavy (non-hydrogen) atoms. The van der Waals surface area contributed by atoms with E-state index in [2.05, 4.69) is 4.98 Å². The zero-order valence-corrected chi connectivity index (χ0v) is 16.1. The van der Waals surface area contributed by atoms with E-state index in [1.54, 1.807) is 11.8 Å². The second-order valence-corrected chi connectivity index (χ2v) is 8.85. The van der Waals surface area contributed by atoms with Crippen molar-refractivity contribution < 1.29 is 26.5 Å². The van der Waals surface area contributed by atoms with Crippen molar-refractivity contribution in [2.75, 3.05) is 31.1 Å². The SMILES string of the molecule is Cc1ccc([N+](=O)[O-])cc1S(=O)(=O)N1CCN(c2nc(C(F)(F)F)cs2)CC1. The third kappa shape index (κ3) is 3.95. The van der Waals surface area contributed by atoms with E-state index in [0.717, 1.165) is 22.8 Å². The number of sulfonamides is 1. The number of thiazole rings is 1. The largest absolute Gasteiger partial charge is 0.434 e. The average molecular weight is 436 g/mol. The number of hydrogen-bond donors (Lipinski definition) is 0. The normalized spacial score (nSPS) is 16.4. The molecule has 1 aliphatic rings. The Balaban J connectivity index is 1.76. The molecule has 0 radical (unpaired) electrons. The van der Waals surface area contributed by atoms with Gasteiger partial charge in [0.1, 0.15) is 0 Å². The van der Waals surface area contributed by atoms with E-state index in [-0.39, 0.29) is 41.9 Å². The van der Waals surface area contributed by atoms with Crippen LogP contribution in [0.5, 0.6) is 0 Å². The van der Waals surface area contributed by atoms with Gasteiger partial charge in [0, 0.05) is 43.7 Å². The summed E-state index contributed by atoms with van der Waals surface area (Å²) in [7, 11) is -3.97. The Kier molecular flexibility index (Phi) is 5.34. The second kappa shape index (κ2) is 7.29. The number of nitro groups is 1. The van der Waals surface area contributed by atoms with E-state index < -0.39 is 26.8 Å². The van der Waals surface area contributed by atoms with Crippen molar-refractivity contribution in [3.63, 3.8) is 0 Å². The zero-order valence-electron chi connectivity index (χ0n) is 14.5. The van der Waals surface area contributed by atoms with E-state index >= 15 is 0 Å². The molecular formula is C15H15F3N4O4S2. The number of non-ortho nitro benzene ring substituents is 1. The summed E-state index contributed by atoms with van der Waals surface area (Å²) in [6.45, 7) is 1.94. The van der Waals surface area contributed by atoms with E-state index in [4.69, 9.17) is 0 Å². The molecule has 2 heterocycles. The Morgan fingerprint density at radius 1 is 1.21 bits per heavy atom. The average Bonchev–Trinajstić information content (AvgIpc) is 3.12. The van der Waals surface area contributed by atoms with Gasteiger partial charge in [-0.25, -0.2) is 13.4 Å². The molecule has 0 spiro atoms. The molecule has 1 aromatic carbocycles. The van der Waals surface area contributed by atoms with Gasteiger partial charge in [-0.05, 0) is 12.5 Å². The van der Waals surface area contributed by atoms with Gasteiger partial charge in [0.25, 0.3) is 5.69 Å². The highest BCUT2D eigenvalue weighted by Crippen LogP contribution is 2.33. The number of anilines is 1. The summed E-state index contributed by atoms with van der Waals surface area (Å²) < 4.78 is 65.0. The number of alkyl halides is 3. The number of halogens is 3. The predicted molar refractivity (Wildman–Crippen MR) is 95.9 cm³/mol. The van der Waals surface area contributed by atoms with Gasteiger partial charge in [-0.3, -0.25) is 10.1 Å². The third-order valence-electron chi connectivity index (χ3n) is 4.29. The summed E-state index contributed by atoms with van der Waals surface area (Å²) >= 11 is 0.848. The highest BCUT2D eigenvalue weighted by molar-refractivity contribution is 7.89. The first-order valence-electron chi connectivity index (χ1n) is 8.03. The predicted octanol–water partition coefficient (Wildman–Crippen LogP) is 2.89. The second-order valence-electron chi connectivity index (χ2n) is 6.11. The van der Waals surface area contributed by atoms with Crippen LogP contribution in [0.15, 0.2) is 28.5 Å². The summed E-state index contributed by atoms with van der Waals surface area (Å²) in [6.07, 6.45) is -4.53. The van der Waals surface area contributed by atoms with Crippen molar-refractivity contribution in [2.45, 2.75) is 18.0 Å². The lowest BCUT2D eigenvalue weighted by molar-refractivity contribution is -0.385. The van der Waals surface area contributed by atoms with Crippen LogP contribution >= 0.6 is 11.3 Å². The monoisotopic (exact) mass is 436 g/mol. The molecule has 1 aliphatic heterocycles. The lowest BCUT2D eigenvalue weighted by Crippen LogP contribution is -2.48. The molecule has 0 N–H and O–H groups in total. The van der Waals surface area contributed by atoms with E-state index in [1.807, 2.05) is 0 Å². The Morgan fingerprint density at radius 2 is 1.86 bits per heavy atom. The molecule has 1 fully saturated rings. The summed E-state index contributed by atoms with van der Waals surface area (Å²) in [4.78, 5) is 15.3. The molecule has 13 heteroatoms. The number of benzene rings is 1. The molecule has 0 bridgehead atoms. The highest BCUT2D eigenvalue weighted by atomic mass is 32.2. The maximum atomic E-state index is 12.9. The number of aryl methyl sites for hydroxylation is 1. The van der Waals surface area contributed by atoms with E-state index in [9.17, 15) is 31.7 Å². The Hall–Kier alpha value is -2.25. The molecule has 1 aromatic heterocycles. The van der Waals surface area contributed by atoms with Gasteiger partial charge >= 0.3 is 6.18 Å². The smallest absolute Gasteiger partial charge is 0.345 e. The van der Waals surface area contributed by atoms with Crippen molar-refractivity contribution in [1.82, 2.24) is 9.29 Å². The Labute approximate surface area is 162 Å². The molecule has 3 rings (SSSR count). The van der Waals surface area contributed by atoms with Crippen LogP contribution in [-0.4, -0.2) is 48.8 Å². The van der Waals surface area contributed by atoms with Crippen LogP contribution in [0.1, 0.15) is 11.3 Å². The minimum Gasteiger partial charge on any atom is -0.345 e. The molecule has 152 valence electrons. The van der Waals surface area contributed by atoms with Crippen molar-refractivity contribution in [3.8, 4) is 0 Å². The molecule has 0 aliphatic carbocycles. The van der Waals surface area contributed by atoms with Gasteiger partial charge in [0.2, 0.25) is 10.0 Å². The number of rotatable bonds is 4. The molecule has 2 aromatic rings. The van der Waals surface area contributed by atoms with Gasteiger partial charge < -0.3 is 4.90 Å². The molecule has 8 nitrogen and oxygen atoms in total. The fraction of sp³-hybridized carbons (Fsp3) is 0.400. The van der Waals surface area contributed by atoms with Crippen LogP contribution in [-0.2, 0) is 16.2 Å². The van der Waals surface area contributed by atoms with Crippen LogP contribution in [0.4, 0.5) is 24.0 Å². The maximum Gasteiger partial charge on any atom is 0.434 e. The highest BCUT2D eigenvalue weighted by Gasteiger charge is 2.36. The number of nitro benzene ring substituents is 1. The minimum absolute atomic E-state index is 0.0331. The van der Waals surface area contributed by atoms with Crippen molar-refractivity contribution >= 4 is 32.2 Å². The van der Waals surface area contributed by atoms with Gasteiger partial charge in [0.05, 0.1) is 9.82 Å². The summed E-state index contributed by atoms with van der Waals surface area (Å²) in [5, 5.41) is 12.0. The molecule has 1 saturated heterocycles. The molecule has 0 amide bonds. The van der Waals surface area contributed by atoms with Crippen LogP contribution < -0.4 is 4.90 Å². The van der Waals surface area contributed by atoms with Gasteiger partial charge in [0.15, 0.2) is 10.8 Å². The van der Waals surface area contributed by atoms with Crippen LogP contribution in [0.25, 0.3) is 0 Å². The fourth-order valence-electron chi connectivity index (χ4n) is 2.78. The molecule has 0 atom stereocenters. The van der Waals surface area contributed by atoms with Crippen molar-refractivity contribution in [1.29, 1.82) is 0 Å². The van der Waals surface area contributed by atoms with Gasteiger partial charge in [-0.15, -0.1) is 11.3 Å². The number of hydrogen-bond acceptors (Lipinski definition) is 7. The first kappa shape index (κ1) is 20.5. The first-order valence-corrected chi connectivity index (χ1v) is 10.3. The van der Waals surface area contributed by atoms with E-state index in [0.29, 0.717) is 5.56 Å². The third-order valence-corrected chi connectivity index (χ3v) is 7.23. The summed E-state index contributed by atoms with van der Waals surface area (Å²) in [5.41, 5.74) is -0.928. The Morgan fingerprint density at radius 3 is 2.39 bits per heavy atom. The molecular weight excluding hydrogens is 421 g/mol. The number of aromatic nitrogens is 1. The first-order chi connectivity index (χ1) is 13.0. The number of piperazine rings is 1. The van der Waals surface area contributed by atoms with E-state index in [1.165, 1.54) is 16.4 Å². The Bertz CT molecular complexity index is 999. The summed E-state index contributed by atoms with van der Waals surface area (Å²) in [5.74, 6) is 0. The maximum absolute atomic E-state index is 12.9. The van der Waals surface area contributed by atoms with Crippen molar-refractivity contribution in [3.05, 3.63) is 45.0 Å². The van der Waals surface area contributed by atoms with Gasteiger partial charge in [-0.1, -0.05) is 6.07 Å². The van der Waals surface area contributed by atoms with Crippen molar-refractivity contribution in [2.24, 2.45) is 0 Å². The fourth-order valence-corrected chi connectivity index (χ4v) is 5.33. The van der Waals surface area contributed by atoms with Crippen LogP contribution in [0, 0.1) is 17.0 Å². The number of nitrogens with zero attached hydrogens (tertiary/aromatic N) is 4. The molecule has 0 saturated carbocycles. The quantitative estimate of drug-likeness (QED) is 0.540. The minimum atomic E-state index is -4.53. The lowest BCUT2D eigenvalue weighted by atomic mass is 10.2.